The summed E-state index contributed by atoms with van der Waals surface area (Å²) in [5.41, 5.74) is 0.186. The molecule has 18 heavy (non-hydrogen) atoms. The van der Waals surface area contributed by atoms with Gasteiger partial charge in [-0.15, -0.1) is 0 Å². The molecular weight excluding hydrogens is 224 g/mol. The predicted molar refractivity (Wildman–Crippen MR) is 78.0 cm³/mol. The molecule has 3 heteroatoms. The van der Waals surface area contributed by atoms with Crippen molar-refractivity contribution in [1.29, 1.82) is 0 Å². The molecule has 0 aromatic rings. The lowest BCUT2D eigenvalue weighted by atomic mass is 9.94. The van der Waals surface area contributed by atoms with Gasteiger partial charge in [-0.05, 0) is 46.1 Å². The molecule has 0 spiro atoms. The highest BCUT2D eigenvalue weighted by Crippen LogP contribution is 2.21. The van der Waals surface area contributed by atoms with Crippen LogP contribution < -0.4 is 5.32 Å². The molecule has 0 bridgehead atoms. The molecule has 2 atom stereocenters. The fourth-order valence-corrected chi connectivity index (χ4v) is 2.67. The van der Waals surface area contributed by atoms with E-state index in [4.69, 9.17) is 4.74 Å². The maximum Gasteiger partial charge on any atom is 0.0630 e. The SMILES string of the molecule is CCC1CCCN(C(CNC(C)(C)C)COC)C1. The second-order valence-corrected chi connectivity index (χ2v) is 6.65. The second-order valence-electron chi connectivity index (χ2n) is 6.65. The first kappa shape index (κ1) is 15.9. The van der Waals surface area contributed by atoms with Crippen molar-refractivity contribution in [3.63, 3.8) is 0 Å². The van der Waals surface area contributed by atoms with E-state index in [1.807, 2.05) is 7.11 Å². The molecule has 0 aromatic carbocycles. The molecule has 0 aliphatic carbocycles. The lowest BCUT2D eigenvalue weighted by molar-refractivity contribution is 0.0554. The van der Waals surface area contributed by atoms with Gasteiger partial charge in [0.25, 0.3) is 0 Å². The number of piperidine rings is 1. The first-order chi connectivity index (χ1) is 8.46. The van der Waals surface area contributed by atoms with Crippen LogP contribution in [0.4, 0.5) is 0 Å². The highest BCUT2D eigenvalue weighted by Gasteiger charge is 2.25. The van der Waals surface area contributed by atoms with Gasteiger partial charge in [-0.25, -0.2) is 0 Å². The van der Waals surface area contributed by atoms with Gasteiger partial charge in [0.15, 0.2) is 0 Å². The Bertz CT molecular complexity index is 225. The summed E-state index contributed by atoms with van der Waals surface area (Å²) in [6, 6.07) is 0.517. The van der Waals surface area contributed by atoms with E-state index in [1.54, 1.807) is 0 Å². The fourth-order valence-electron chi connectivity index (χ4n) is 2.67. The Morgan fingerprint density at radius 2 is 2.11 bits per heavy atom. The summed E-state index contributed by atoms with van der Waals surface area (Å²) in [4.78, 5) is 2.62. The van der Waals surface area contributed by atoms with E-state index in [1.165, 1.54) is 32.4 Å². The van der Waals surface area contributed by atoms with Crippen molar-refractivity contribution in [1.82, 2.24) is 10.2 Å². The molecule has 1 aliphatic heterocycles. The third-order valence-electron chi connectivity index (χ3n) is 3.87. The van der Waals surface area contributed by atoms with Gasteiger partial charge in [-0.3, -0.25) is 4.90 Å². The number of hydrogen-bond acceptors (Lipinski definition) is 3. The van der Waals surface area contributed by atoms with Crippen molar-refractivity contribution in [2.75, 3.05) is 33.4 Å². The van der Waals surface area contributed by atoms with Gasteiger partial charge in [0.05, 0.1) is 6.61 Å². The van der Waals surface area contributed by atoms with E-state index < -0.39 is 0 Å². The topological polar surface area (TPSA) is 24.5 Å². The zero-order chi connectivity index (χ0) is 13.6. The van der Waals surface area contributed by atoms with Crippen LogP contribution in [0.1, 0.15) is 47.0 Å². The molecule has 1 rings (SSSR count). The molecule has 0 saturated carbocycles. The Morgan fingerprint density at radius 1 is 1.39 bits per heavy atom. The quantitative estimate of drug-likeness (QED) is 0.790. The van der Waals surface area contributed by atoms with E-state index in [-0.39, 0.29) is 5.54 Å². The average Bonchev–Trinajstić information content (AvgIpc) is 2.33. The Balaban J connectivity index is 2.49. The van der Waals surface area contributed by atoms with E-state index in [2.05, 4.69) is 37.9 Å². The Kier molecular flexibility index (Phi) is 6.61. The molecule has 0 aromatic heterocycles. The molecule has 1 aliphatic rings. The first-order valence-corrected chi connectivity index (χ1v) is 7.44. The molecule has 0 amide bonds. The maximum absolute atomic E-state index is 5.41. The van der Waals surface area contributed by atoms with Gasteiger partial charge in [-0.2, -0.15) is 0 Å². The number of ether oxygens (including phenoxy) is 1. The average molecular weight is 256 g/mol. The molecule has 3 nitrogen and oxygen atoms in total. The van der Waals surface area contributed by atoms with Gasteiger partial charge in [0, 0.05) is 31.8 Å². The zero-order valence-corrected chi connectivity index (χ0v) is 13.0. The Labute approximate surface area is 113 Å². The van der Waals surface area contributed by atoms with Gasteiger partial charge < -0.3 is 10.1 Å². The highest BCUT2D eigenvalue weighted by atomic mass is 16.5. The molecule has 108 valence electrons. The monoisotopic (exact) mass is 256 g/mol. The smallest absolute Gasteiger partial charge is 0.0630 e. The van der Waals surface area contributed by atoms with Crippen LogP contribution in [-0.2, 0) is 4.74 Å². The number of likely N-dealkylation sites (tertiary alicyclic amines) is 1. The summed E-state index contributed by atoms with van der Waals surface area (Å²) in [5, 5.41) is 3.62. The van der Waals surface area contributed by atoms with Crippen LogP contribution in [-0.4, -0.2) is 49.8 Å². The van der Waals surface area contributed by atoms with Crippen molar-refractivity contribution in [3.05, 3.63) is 0 Å². The number of rotatable bonds is 6. The molecule has 1 saturated heterocycles. The van der Waals surface area contributed by atoms with Crippen molar-refractivity contribution in [2.45, 2.75) is 58.5 Å². The summed E-state index contributed by atoms with van der Waals surface area (Å²) >= 11 is 0. The molecule has 1 heterocycles. The summed E-state index contributed by atoms with van der Waals surface area (Å²) in [7, 11) is 1.81. The van der Waals surface area contributed by atoms with Crippen molar-refractivity contribution >= 4 is 0 Å². The standard InChI is InChI=1S/C15H32N2O/c1-6-13-8-7-9-17(11-13)14(12-18-5)10-16-15(2,3)4/h13-14,16H,6-12H2,1-5H3. The molecule has 1 N–H and O–H groups in total. The molecule has 1 fully saturated rings. The lowest BCUT2D eigenvalue weighted by Crippen LogP contribution is -2.52. The van der Waals surface area contributed by atoms with Crippen molar-refractivity contribution in [3.8, 4) is 0 Å². The Hall–Kier alpha value is -0.120. The van der Waals surface area contributed by atoms with Gasteiger partial charge in [0.1, 0.15) is 0 Å². The lowest BCUT2D eigenvalue weighted by Gasteiger charge is -2.39. The van der Waals surface area contributed by atoms with Crippen LogP contribution in [0.25, 0.3) is 0 Å². The summed E-state index contributed by atoms with van der Waals surface area (Å²) < 4.78 is 5.41. The van der Waals surface area contributed by atoms with Gasteiger partial charge in [0.2, 0.25) is 0 Å². The van der Waals surface area contributed by atoms with Crippen LogP contribution in [0.15, 0.2) is 0 Å². The summed E-state index contributed by atoms with van der Waals surface area (Å²) in [6.45, 7) is 13.3. The number of hydrogen-bond donors (Lipinski definition) is 1. The Morgan fingerprint density at radius 3 is 2.67 bits per heavy atom. The molecular formula is C15H32N2O. The minimum atomic E-state index is 0.186. The van der Waals surface area contributed by atoms with E-state index in [9.17, 15) is 0 Å². The van der Waals surface area contributed by atoms with Crippen LogP contribution >= 0.6 is 0 Å². The van der Waals surface area contributed by atoms with Gasteiger partial charge in [-0.1, -0.05) is 13.3 Å². The predicted octanol–water partition coefficient (Wildman–Crippen LogP) is 2.51. The van der Waals surface area contributed by atoms with Crippen LogP contribution in [0.5, 0.6) is 0 Å². The normalized spacial score (nSPS) is 24.2. The fraction of sp³-hybridized carbons (Fsp3) is 1.00. The highest BCUT2D eigenvalue weighted by molar-refractivity contribution is 4.82. The second kappa shape index (κ2) is 7.46. The van der Waals surface area contributed by atoms with E-state index in [0.717, 1.165) is 19.1 Å². The number of methoxy groups -OCH3 is 1. The van der Waals surface area contributed by atoms with Crippen molar-refractivity contribution in [2.24, 2.45) is 5.92 Å². The third kappa shape index (κ3) is 5.68. The minimum Gasteiger partial charge on any atom is -0.383 e. The third-order valence-corrected chi connectivity index (χ3v) is 3.87. The summed E-state index contributed by atoms with van der Waals surface area (Å²) in [6.07, 6.45) is 4.05. The largest absolute Gasteiger partial charge is 0.383 e. The number of nitrogens with one attached hydrogen (secondary N) is 1. The number of nitrogens with zero attached hydrogens (tertiary/aromatic N) is 1. The van der Waals surface area contributed by atoms with E-state index in [0.29, 0.717) is 6.04 Å². The van der Waals surface area contributed by atoms with Crippen molar-refractivity contribution < 1.29 is 4.74 Å². The van der Waals surface area contributed by atoms with Crippen LogP contribution in [0.3, 0.4) is 0 Å². The van der Waals surface area contributed by atoms with E-state index >= 15 is 0 Å². The molecule has 0 radical (unpaired) electrons. The van der Waals surface area contributed by atoms with Crippen LogP contribution in [0.2, 0.25) is 0 Å². The first-order valence-electron chi connectivity index (χ1n) is 7.44. The maximum atomic E-state index is 5.41. The van der Waals surface area contributed by atoms with Gasteiger partial charge >= 0.3 is 0 Å². The minimum absolute atomic E-state index is 0.186. The summed E-state index contributed by atoms with van der Waals surface area (Å²) in [5.74, 6) is 0.882. The van der Waals surface area contributed by atoms with Crippen LogP contribution in [0, 0.1) is 5.92 Å². The zero-order valence-electron chi connectivity index (χ0n) is 13.0. The molecule has 2 unspecified atom stereocenters.